The molecule has 0 heterocycles. The number of amides is 2. The zero-order valence-corrected chi connectivity index (χ0v) is 17.5. The van der Waals surface area contributed by atoms with Gasteiger partial charge in [0.2, 0.25) is 15.9 Å². The van der Waals surface area contributed by atoms with Crippen LogP contribution in [0.1, 0.15) is 37.4 Å². The van der Waals surface area contributed by atoms with Crippen LogP contribution in [0.2, 0.25) is 0 Å². The number of carbonyl (C=O) groups is 2. The number of aryl methyl sites for hydroxylation is 1. The maximum absolute atomic E-state index is 12.9. The van der Waals surface area contributed by atoms with Gasteiger partial charge in [0.1, 0.15) is 0 Å². The molecule has 0 aliphatic rings. The van der Waals surface area contributed by atoms with Gasteiger partial charge in [0.25, 0.3) is 5.91 Å². The summed E-state index contributed by atoms with van der Waals surface area (Å²) in [5.41, 5.74) is 8.03. The quantitative estimate of drug-likeness (QED) is 0.796. The van der Waals surface area contributed by atoms with Gasteiger partial charge in [-0.15, -0.1) is 0 Å². The van der Waals surface area contributed by atoms with Gasteiger partial charge in [0.05, 0.1) is 4.90 Å². The summed E-state index contributed by atoms with van der Waals surface area (Å²) < 4.78 is 26.3. The lowest BCUT2D eigenvalue weighted by atomic mass is 10.0. The molecule has 2 aromatic carbocycles. The van der Waals surface area contributed by atoms with E-state index in [0.29, 0.717) is 11.1 Å². The maximum atomic E-state index is 12.9. The Morgan fingerprint density at radius 3 is 2.21 bits per heavy atom. The molecule has 2 amide bonds. The first-order valence-corrected chi connectivity index (χ1v) is 10.1. The number of hydrogen-bond acceptors (Lipinski definition) is 4. The summed E-state index contributed by atoms with van der Waals surface area (Å²) in [5, 5.41) is 0. The minimum absolute atomic E-state index is 0.116. The second-order valence-electron chi connectivity index (χ2n) is 6.93. The third-order valence-electron chi connectivity index (χ3n) is 4.60. The summed E-state index contributed by atoms with van der Waals surface area (Å²) in [7, 11) is 0.855. The predicted molar refractivity (Wildman–Crippen MR) is 108 cm³/mol. The summed E-state index contributed by atoms with van der Waals surface area (Å²) in [6.07, 6.45) is 0. The molecule has 2 N–H and O–H groups in total. The minimum Gasteiger partial charge on any atom is -0.366 e. The van der Waals surface area contributed by atoms with Crippen molar-refractivity contribution in [3.05, 3.63) is 64.2 Å². The summed E-state index contributed by atoms with van der Waals surface area (Å²) in [6.45, 7) is 3.75. The molecule has 8 heteroatoms. The maximum Gasteiger partial charge on any atom is 0.253 e. The number of benzene rings is 2. The summed E-state index contributed by atoms with van der Waals surface area (Å²) in [6, 6.07) is 9.83. The summed E-state index contributed by atoms with van der Waals surface area (Å²) >= 11 is 0. The number of rotatable bonds is 6. The lowest BCUT2D eigenvalue weighted by molar-refractivity contribution is 0.0784. The Labute approximate surface area is 165 Å². The van der Waals surface area contributed by atoms with Crippen molar-refractivity contribution < 1.29 is 18.0 Å². The van der Waals surface area contributed by atoms with Crippen LogP contribution < -0.4 is 5.73 Å². The molecule has 0 aliphatic heterocycles. The topological polar surface area (TPSA) is 101 Å². The van der Waals surface area contributed by atoms with Gasteiger partial charge in [-0.1, -0.05) is 12.1 Å². The van der Waals surface area contributed by atoms with Crippen molar-refractivity contribution in [2.24, 2.45) is 5.73 Å². The molecule has 28 heavy (non-hydrogen) atoms. The molecular formula is C20H25N3O4S. The fourth-order valence-corrected chi connectivity index (χ4v) is 4.02. The molecule has 0 saturated heterocycles. The van der Waals surface area contributed by atoms with Crippen molar-refractivity contribution >= 4 is 21.8 Å². The average Bonchev–Trinajstić information content (AvgIpc) is 2.63. The number of hydrogen-bond donors (Lipinski definition) is 1. The number of sulfonamides is 1. The van der Waals surface area contributed by atoms with Crippen LogP contribution >= 0.6 is 0 Å². The Morgan fingerprint density at radius 2 is 1.64 bits per heavy atom. The lowest BCUT2D eigenvalue weighted by Gasteiger charge is -2.20. The zero-order valence-electron chi connectivity index (χ0n) is 16.7. The first-order valence-electron chi connectivity index (χ1n) is 8.63. The Bertz CT molecular complexity index is 1030. The van der Waals surface area contributed by atoms with Crippen LogP contribution in [-0.2, 0) is 16.6 Å². The molecule has 7 nitrogen and oxygen atoms in total. The van der Waals surface area contributed by atoms with E-state index >= 15 is 0 Å². The number of nitrogens with two attached hydrogens (primary N) is 1. The highest BCUT2D eigenvalue weighted by Crippen LogP contribution is 2.24. The molecule has 0 bridgehead atoms. The van der Waals surface area contributed by atoms with E-state index in [1.165, 1.54) is 25.1 Å². The third kappa shape index (κ3) is 4.40. The third-order valence-corrected chi connectivity index (χ3v) is 6.54. The van der Waals surface area contributed by atoms with Crippen molar-refractivity contribution in [2.75, 3.05) is 21.1 Å². The highest BCUT2D eigenvalue weighted by molar-refractivity contribution is 7.89. The molecule has 2 aromatic rings. The number of nitrogens with zero attached hydrogens (tertiary/aromatic N) is 2. The second-order valence-corrected chi connectivity index (χ2v) is 9.05. The van der Waals surface area contributed by atoms with Crippen LogP contribution in [0, 0.1) is 13.8 Å². The van der Waals surface area contributed by atoms with E-state index in [2.05, 4.69) is 0 Å². The molecule has 150 valence electrons. The van der Waals surface area contributed by atoms with Crippen molar-refractivity contribution in [3.63, 3.8) is 0 Å². The smallest absolute Gasteiger partial charge is 0.253 e. The molecule has 0 radical (unpaired) electrons. The highest BCUT2D eigenvalue weighted by atomic mass is 32.2. The van der Waals surface area contributed by atoms with E-state index in [4.69, 9.17) is 5.73 Å². The minimum atomic E-state index is -3.67. The highest BCUT2D eigenvalue weighted by Gasteiger charge is 2.24. The first kappa shape index (κ1) is 21.6. The number of primary amides is 1. The Morgan fingerprint density at radius 1 is 1.00 bits per heavy atom. The Balaban J connectivity index is 2.37. The van der Waals surface area contributed by atoms with Crippen LogP contribution in [-0.4, -0.2) is 50.6 Å². The molecule has 0 unspecified atom stereocenters. The van der Waals surface area contributed by atoms with Gasteiger partial charge in [-0.2, -0.15) is 0 Å². The SMILES string of the molecule is Cc1cc(C(=O)N(C)Cc2cccc(C(N)=O)c2)cc(S(=O)(=O)N(C)C)c1C. The van der Waals surface area contributed by atoms with E-state index in [1.54, 1.807) is 51.2 Å². The van der Waals surface area contributed by atoms with Gasteiger partial charge in [0, 0.05) is 38.8 Å². The van der Waals surface area contributed by atoms with Crippen molar-refractivity contribution in [1.29, 1.82) is 0 Å². The van der Waals surface area contributed by atoms with Crippen LogP contribution in [0.4, 0.5) is 0 Å². The van der Waals surface area contributed by atoms with E-state index < -0.39 is 15.9 Å². The molecular weight excluding hydrogens is 378 g/mol. The van der Waals surface area contributed by atoms with E-state index in [0.717, 1.165) is 15.4 Å². The fraction of sp³-hybridized carbons (Fsp3) is 0.300. The van der Waals surface area contributed by atoms with Crippen LogP contribution in [0.3, 0.4) is 0 Å². The van der Waals surface area contributed by atoms with E-state index in [1.807, 2.05) is 0 Å². The van der Waals surface area contributed by atoms with Crippen LogP contribution in [0.5, 0.6) is 0 Å². The average molecular weight is 404 g/mol. The molecule has 0 fully saturated rings. The van der Waals surface area contributed by atoms with Crippen molar-refractivity contribution in [2.45, 2.75) is 25.3 Å². The monoisotopic (exact) mass is 403 g/mol. The van der Waals surface area contributed by atoms with Crippen LogP contribution in [0.15, 0.2) is 41.3 Å². The predicted octanol–water partition coefficient (Wildman–Crippen LogP) is 1.92. The van der Waals surface area contributed by atoms with Gasteiger partial charge in [-0.25, -0.2) is 12.7 Å². The Hall–Kier alpha value is -2.71. The molecule has 0 aromatic heterocycles. The summed E-state index contributed by atoms with van der Waals surface area (Å²) in [4.78, 5) is 25.8. The second kappa shape index (κ2) is 8.12. The lowest BCUT2D eigenvalue weighted by Crippen LogP contribution is -2.28. The molecule has 0 spiro atoms. The van der Waals surface area contributed by atoms with Gasteiger partial charge in [0.15, 0.2) is 0 Å². The Kier molecular flexibility index (Phi) is 6.26. The largest absolute Gasteiger partial charge is 0.366 e. The van der Waals surface area contributed by atoms with Crippen LogP contribution in [0.25, 0.3) is 0 Å². The van der Waals surface area contributed by atoms with E-state index in [-0.39, 0.29) is 22.9 Å². The van der Waals surface area contributed by atoms with E-state index in [9.17, 15) is 18.0 Å². The fourth-order valence-electron chi connectivity index (χ4n) is 2.80. The molecule has 0 saturated carbocycles. The molecule has 2 rings (SSSR count). The van der Waals surface area contributed by atoms with Crippen molar-refractivity contribution in [1.82, 2.24) is 9.21 Å². The van der Waals surface area contributed by atoms with Crippen molar-refractivity contribution in [3.8, 4) is 0 Å². The van der Waals surface area contributed by atoms with Gasteiger partial charge in [-0.05, 0) is 54.8 Å². The van der Waals surface area contributed by atoms with Gasteiger partial charge < -0.3 is 10.6 Å². The summed E-state index contributed by atoms with van der Waals surface area (Å²) in [5.74, 6) is -0.855. The normalized spacial score (nSPS) is 11.5. The van der Waals surface area contributed by atoms with Gasteiger partial charge in [-0.3, -0.25) is 9.59 Å². The number of carbonyl (C=O) groups excluding carboxylic acids is 2. The molecule has 0 atom stereocenters. The zero-order chi connectivity index (χ0) is 21.2. The first-order chi connectivity index (χ1) is 12.9. The standard InChI is InChI=1S/C20H25N3O4S/c1-13-9-17(11-18(14(13)2)28(26,27)22(3)4)20(25)23(5)12-15-7-6-8-16(10-15)19(21)24/h6-11H,12H2,1-5H3,(H2,21,24). The molecule has 0 aliphatic carbocycles. The van der Waals surface area contributed by atoms with Gasteiger partial charge >= 0.3 is 0 Å².